The number of carbonyl (C=O) groups is 1. The molecule has 2 fully saturated rings. The standard InChI is InChI=1S/C10H16O2S2/c1-7-5-9(2,8(11)12)6-10(7)13-3-4-14-10/h7H,3-6H2,1-2H3,(H,11,12)/t7-,9-/m0/s1. The fourth-order valence-electron chi connectivity index (χ4n) is 2.64. The van der Waals surface area contributed by atoms with Crippen molar-refractivity contribution < 1.29 is 9.90 Å². The van der Waals surface area contributed by atoms with Crippen LogP contribution in [-0.4, -0.2) is 26.7 Å². The molecule has 2 aliphatic rings. The van der Waals surface area contributed by atoms with Gasteiger partial charge < -0.3 is 5.11 Å². The highest BCUT2D eigenvalue weighted by Crippen LogP contribution is 2.62. The summed E-state index contributed by atoms with van der Waals surface area (Å²) in [4.78, 5) is 11.2. The molecular weight excluding hydrogens is 216 g/mol. The van der Waals surface area contributed by atoms with Crippen molar-refractivity contribution in [2.75, 3.05) is 11.5 Å². The smallest absolute Gasteiger partial charge is 0.309 e. The molecule has 1 heterocycles. The van der Waals surface area contributed by atoms with E-state index in [9.17, 15) is 9.90 Å². The second-order valence-corrected chi connectivity index (χ2v) is 7.77. The molecule has 0 amide bonds. The van der Waals surface area contributed by atoms with E-state index in [-0.39, 0.29) is 4.08 Å². The third-order valence-electron chi connectivity index (χ3n) is 3.44. The van der Waals surface area contributed by atoms with Crippen molar-refractivity contribution in [1.82, 2.24) is 0 Å². The van der Waals surface area contributed by atoms with Crippen LogP contribution in [0.25, 0.3) is 0 Å². The van der Waals surface area contributed by atoms with Gasteiger partial charge in [0.25, 0.3) is 0 Å². The number of aliphatic carboxylic acids is 1. The molecule has 2 atom stereocenters. The zero-order chi connectivity index (χ0) is 10.4. The third kappa shape index (κ3) is 1.47. The highest BCUT2D eigenvalue weighted by atomic mass is 32.2. The lowest BCUT2D eigenvalue weighted by molar-refractivity contribution is -0.147. The van der Waals surface area contributed by atoms with E-state index >= 15 is 0 Å². The van der Waals surface area contributed by atoms with E-state index in [0.29, 0.717) is 5.92 Å². The molecular formula is C10H16O2S2. The van der Waals surface area contributed by atoms with E-state index in [1.807, 2.05) is 30.4 Å². The molecule has 14 heavy (non-hydrogen) atoms. The zero-order valence-corrected chi connectivity index (χ0v) is 10.2. The molecule has 1 saturated carbocycles. The van der Waals surface area contributed by atoms with E-state index in [4.69, 9.17) is 0 Å². The number of hydrogen-bond donors (Lipinski definition) is 1. The maximum Gasteiger partial charge on any atom is 0.309 e. The fourth-order valence-corrected chi connectivity index (χ4v) is 6.41. The molecule has 4 heteroatoms. The lowest BCUT2D eigenvalue weighted by atomic mass is 9.88. The summed E-state index contributed by atoms with van der Waals surface area (Å²) in [6.45, 7) is 4.11. The van der Waals surface area contributed by atoms with Gasteiger partial charge in [0.15, 0.2) is 0 Å². The van der Waals surface area contributed by atoms with Crippen molar-refractivity contribution in [3.8, 4) is 0 Å². The first-order valence-electron chi connectivity index (χ1n) is 5.00. The van der Waals surface area contributed by atoms with Crippen LogP contribution in [0, 0.1) is 11.3 Å². The van der Waals surface area contributed by atoms with Gasteiger partial charge in [-0.1, -0.05) is 6.92 Å². The first kappa shape index (κ1) is 10.7. The van der Waals surface area contributed by atoms with Crippen LogP contribution in [0.5, 0.6) is 0 Å². The molecule has 1 N–H and O–H groups in total. The molecule has 0 bridgehead atoms. The van der Waals surface area contributed by atoms with Gasteiger partial charge in [-0.05, 0) is 25.7 Å². The van der Waals surface area contributed by atoms with Crippen LogP contribution in [0.3, 0.4) is 0 Å². The highest BCUT2D eigenvalue weighted by molar-refractivity contribution is 8.21. The summed E-state index contributed by atoms with van der Waals surface area (Å²) in [5.74, 6) is 2.28. The Morgan fingerprint density at radius 3 is 2.43 bits per heavy atom. The van der Waals surface area contributed by atoms with Gasteiger partial charge in [-0.2, -0.15) is 0 Å². The fraction of sp³-hybridized carbons (Fsp3) is 0.900. The van der Waals surface area contributed by atoms with E-state index in [1.165, 1.54) is 11.5 Å². The second-order valence-electron chi connectivity index (χ2n) is 4.66. The van der Waals surface area contributed by atoms with Crippen molar-refractivity contribution >= 4 is 29.5 Å². The number of carboxylic acids is 1. The van der Waals surface area contributed by atoms with Gasteiger partial charge in [0.2, 0.25) is 0 Å². The molecule has 80 valence electrons. The molecule has 2 rings (SSSR count). The molecule has 1 saturated heterocycles. The molecule has 0 unspecified atom stereocenters. The van der Waals surface area contributed by atoms with Gasteiger partial charge in [-0.3, -0.25) is 4.79 Å². The quantitative estimate of drug-likeness (QED) is 0.754. The van der Waals surface area contributed by atoms with Crippen LogP contribution < -0.4 is 0 Å². The molecule has 0 aromatic carbocycles. The van der Waals surface area contributed by atoms with E-state index < -0.39 is 11.4 Å². The van der Waals surface area contributed by atoms with Crippen LogP contribution in [0.2, 0.25) is 0 Å². The minimum absolute atomic E-state index is 0.215. The topological polar surface area (TPSA) is 37.3 Å². The predicted molar refractivity (Wildman–Crippen MR) is 61.8 cm³/mol. The van der Waals surface area contributed by atoms with Crippen LogP contribution in [-0.2, 0) is 4.79 Å². The largest absolute Gasteiger partial charge is 0.481 e. The summed E-state index contributed by atoms with van der Waals surface area (Å²) in [5, 5.41) is 9.22. The van der Waals surface area contributed by atoms with Gasteiger partial charge in [-0.25, -0.2) is 0 Å². The Bertz CT molecular complexity index is 261. The van der Waals surface area contributed by atoms with E-state index in [1.54, 1.807) is 0 Å². The number of rotatable bonds is 1. The minimum atomic E-state index is -0.616. The van der Waals surface area contributed by atoms with Crippen molar-refractivity contribution in [1.29, 1.82) is 0 Å². The Morgan fingerprint density at radius 1 is 1.43 bits per heavy atom. The maximum absolute atomic E-state index is 11.2. The van der Waals surface area contributed by atoms with Gasteiger partial charge in [0.1, 0.15) is 0 Å². The Balaban J connectivity index is 2.21. The summed E-state index contributed by atoms with van der Waals surface area (Å²) in [6, 6.07) is 0. The maximum atomic E-state index is 11.2. The van der Waals surface area contributed by atoms with Crippen LogP contribution in [0.1, 0.15) is 26.7 Å². The summed E-state index contributed by atoms with van der Waals surface area (Å²) < 4.78 is 0.215. The molecule has 0 aromatic rings. The normalized spacial score (nSPS) is 40.6. The van der Waals surface area contributed by atoms with Crippen molar-refractivity contribution in [2.24, 2.45) is 11.3 Å². The van der Waals surface area contributed by atoms with Gasteiger partial charge in [-0.15, -0.1) is 23.5 Å². The van der Waals surface area contributed by atoms with Gasteiger partial charge in [0, 0.05) is 11.5 Å². The lowest BCUT2D eigenvalue weighted by Gasteiger charge is -2.27. The monoisotopic (exact) mass is 232 g/mol. The number of thioether (sulfide) groups is 2. The first-order valence-corrected chi connectivity index (χ1v) is 6.97. The van der Waals surface area contributed by atoms with Crippen molar-refractivity contribution in [3.05, 3.63) is 0 Å². The van der Waals surface area contributed by atoms with Crippen LogP contribution >= 0.6 is 23.5 Å². The number of carboxylic acid groups (broad SMARTS) is 1. The van der Waals surface area contributed by atoms with Crippen LogP contribution in [0.15, 0.2) is 0 Å². The highest BCUT2D eigenvalue weighted by Gasteiger charge is 2.56. The van der Waals surface area contributed by atoms with Gasteiger partial charge >= 0.3 is 5.97 Å². The zero-order valence-electron chi connectivity index (χ0n) is 8.58. The second kappa shape index (κ2) is 3.34. The molecule has 1 aliphatic carbocycles. The Hall–Kier alpha value is 0.170. The average Bonchev–Trinajstić information content (AvgIpc) is 2.61. The Kier molecular flexibility index (Phi) is 2.55. The molecule has 0 radical (unpaired) electrons. The predicted octanol–water partition coefficient (Wildman–Crippen LogP) is 2.68. The summed E-state index contributed by atoms with van der Waals surface area (Å²) in [7, 11) is 0. The van der Waals surface area contributed by atoms with Crippen LogP contribution in [0.4, 0.5) is 0 Å². The SMILES string of the molecule is C[C@H]1C[C@](C)(C(=O)O)CC12SCCS2. The molecule has 2 nitrogen and oxygen atoms in total. The van der Waals surface area contributed by atoms with Crippen molar-refractivity contribution in [2.45, 2.75) is 30.8 Å². The Labute approximate surface area is 93.2 Å². The molecule has 0 aromatic heterocycles. The summed E-state index contributed by atoms with van der Waals surface area (Å²) in [5.41, 5.74) is -0.482. The lowest BCUT2D eigenvalue weighted by Crippen LogP contribution is -2.26. The number of hydrogen-bond acceptors (Lipinski definition) is 3. The van der Waals surface area contributed by atoms with E-state index in [0.717, 1.165) is 12.8 Å². The molecule has 1 aliphatic heterocycles. The summed E-state index contributed by atoms with van der Waals surface area (Å²) in [6.07, 6.45) is 1.67. The average molecular weight is 232 g/mol. The third-order valence-corrected chi connectivity index (χ3v) is 7.29. The first-order chi connectivity index (χ1) is 6.49. The van der Waals surface area contributed by atoms with Gasteiger partial charge in [0.05, 0.1) is 9.49 Å². The summed E-state index contributed by atoms with van der Waals surface area (Å²) >= 11 is 3.96. The molecule has 1 spiro atoms. The minimum Gasteiger partial charge on any atom is -0.481 e. The van der Waals surface area contributed by atoms with E-state index in [2.05, 4.69) is 6.92 Å². The Morgan fingerprint density at radius 2 is 2.00 bits per heavy atom. The van der Waals surface area contributed by atoms with Crippen molar-refractivity contribution in [3.63, 3.8) is 0 Å².